The summed E-state index contributed by atoms with van der Waals surface area (Å²) in [5.74, 6) is 2.04. The standard InChI is InChI=1S/C16H27N3O2/c1-16(9-6-10-17-11-16)15-18-14(19-21-15)13(20-2)12-7-4-3-5-8-12/h12-13,17H,3-11H2,1-2H3. The van der Waals surface area contributed by atoms with Crippen LogP contribution in [0.25, 0.3) is 0 Å². The van der Waals surface area contributed by atoms with Crippen LogP contribution in [0, 0.1) is 5.92 Å². The fourth-order valence-corrected chi connectivity index (χ4v) is 3.78. The first-order valence-electron chi connectivity index (χ1n) is 8.30. The third kappa shape index (κ3) is 3.14. The van der Waals surface area contributed by atoms with Crippen molar-refractivity contribution >= 4 is 0 Å². The zero-order valence-corrected chi connectivity index (χ0v) is 13.2. The molecule has 0 spiro atoms. The molecule has 0 radical (unpaired) electrons. The van der Waals surface area contributed by atoms with E-state index in [1.807, 2.05) is 0 Å². The number of methoxy groups -OCH3 is 1. The molecule has 2 atom stereocenters. The Morgan fingerprint density at radius 3 is 2.76 bits per heavy atom. The van der Waals surface area contributed by atoms with Crippen molar-refractivity contribution in [3.05, 3.63) is 11.7 Å². The first-order valence-corrected chi connectivity index (χ1v) is 8.30. The van der Waals surface area contributed by atoms with E-state index in [1.165, 1.54) is 32.1 Å². The number of nitrogens with one attached hydrogen (secondary N) is 1. The van der Waals surface area contributed by atoms with E-state index >= 15 is 0 Å². The van der Waals surface area contributed by atoms with Gasteiger partial charge in [-0.15, -0.1) is 0 Å². The smallest absolute Gasteiger partial charge is 0.233 e. The minimum Gasteiger partial charge on any atom is -0.373 e. The first-order chi connectivity index (χ1) is 10.2. The Balaban J connectivity index is 1.76. The van der Waals surface area contributed by atoms with Gasteiger partial charge < -0.3 is 14.6 Å². The van der Waals surface area contributed by atoms with Crippen LogP contribution in [0.4, 0.5) is 0 Å². The summed E-state index contributed by atoms with van der Waals surface area (Å²) in [6, 6.07) is 0. The second-order valence-corrected chi connectivity index (χ2v) is 6.85. The van der Waals surface area contributed by atoms with Gasteiger partial charge >= 0.3 is 0 Å². The van der Waals surface area contributed by atoms with Crippen LogP contribution < -0.4 is 5.32 Å². The van der Waals surface area contributed by atoms with Crippen LogP contribution in [-0.2, 0) is 10.2 Å². The number of nitrogens with zero attached hydrogens (tertiary/aromatic N) is 2. The summed E-state index contributed by atoms with van der Waals surface area (Å²) in [7, 11) is 1.76. The molecule has 5 heteroatoms. The van der Waals surface area contributed by atoms with Crippen molar-refractivity contribution in [3.8, 4) is 0 Å². The van der Waals surface area contributed by atoms with E-state index in [0.29, 0.717) is 5.92 Å². The third-order valence-corrected chi connectivity index (χ3v) is 5.14. The van der Waals surface area contributed by atoms with E-state index in [2.05, 4.69) is 17.4 Å². The lowest BCUT2D eigenvalue weighted by Crippen LogP contribution is -2.41. The normalized spacial score (nSPS) is 29.4. The molecule has 118 valence electrons. The second-order valence-electron chi connectivity index (χ2n) is 6.85. The maximum atomic E-state index is 5.71. The van der Waals surface area contributed by atoms with Crippen LogP contribution >= 0.6 is 0 Å². The van der Waals surface area contributed by atoms with Crippen LogP contribution in [0.1, 0.15) is 69.7 Å². The van der Waals surface area contributed by atoms with Gasteiger partial charge in [0.15, 0.2) is 0 Å². The average Bonchev–Trinajstić information content (AvgIpc) is 3.00. The average molecular weight is 293 g/mol. The van der Waals surface area contributed by atoms with Crippen molar-refractivity contribution in [1.29, 1.82) is 0 Å². The van der Waals surface area contributed by atoms with Gasteiger partial charge in [-0.1, -0.05) is 24.4 Å². The molecule has 1 aliphatic heterocycles. The molecule has 0 aromatic carbocycles. The topological polar surface area (TPSA) is 60.2 Å². The lowest BCUT2D eigenvalue weighted by atomic mass is 9.82. The third-order valence-electron chi connectivity index (χ3n) is 5.14. The molecular formula is C16H27N3O2. The molecule has 2 fully saturated rings. The molecule has 1 saturated carbocycles. The van der Waals surface area contributed by atoms with Crippen LogP contribution in [0.2, 0.25) is 0 Å². The maximum absolute atomic E-state index is 5.71. The molecule has 0 bridgehead atoms. The minimum absolute atomic E-state index is 0.0112. The Kier molecular flexibility index (Phi) is 4.60. The van der Waals surface area contributed by atoms with Crippen LogP contribution in [0.3, 0.4) is 0 Å². The van der Waals surface area contributed by atoms with Gasteiger partial charge in [-0.2, -0.15) is 4.98 Å². The van der Waals surface area contributed by atoms with E-state index in [-0.39, 0.29) is 11.5 Å². The number of hydrogen-bond donors (Lipinski definition) is 1. The molecule has 1 aromatic heterocycles. The van der Waals surface area contributed by atoms with Gasteiger partial charge in [0.25, 0.3) is 0 Å². The van der Waals surface area contributed by atoms with Crippen molar-refractivity contribution in [2.24, 2.45) is 5.92 Å². The Hall–Kier alpha value is -0.940. The lowest BCUT2D eigenvalue weighted by molar-refractivity contribution is 0.0273. The zero-order valence-electron chi connectivity index (χ0n) is 13.2. The summed E-state index contributed by atoms with van der Waals surface area (Å²) >= 11 is 0. The van der Waals surface area contributed by atoms with E-state index in [0.717, 1.165) is 37.6 Å². The van der Waals surface area contributed by atoms with Gasteiger partial charge in [0.05, 0.1) is 5.41 Å². The molecule has 0 amide bonds. The Bertz CT molecular complexity index is 448. The number of piperidine rings is 1. The highest BCUT2D eigenvalue weighted by Gasteiger charge is 2.36. The van der Waals surface area contributed by atoms with E-state index < -0.39 is 0 Å². The zero-order chi connectivity index (χ0) is 14.7. The van der Waals surface area contributed by atoms with Gasteiger partial charge in [-0.25, -0.2) is 0 Å². The van der Waals surface area contributed by atoms with Gasteiger partial charge in [0.1, 0.15) is 6.10 Å². The molecule has 2 unspecified atom stereocenters. The summed E-state index contributed by atoms with van der Waals surface area (Å²) < 4.78 is 11.3. The minimum atomic E-state index is -0.0334. The molecular weight excluding hydrogens is 266 g/mol. The van der Waals surface area contributed by atoms with Gasteiger partial charge in [0, 0.05) is 13.7 Å². The Labute approximate surface area is 126 Å². The molecule has 1 saturated heterocycles. The van der Waals surface area contributed by atoms with Gasteiger partial charge in [-0.05, 0) is 45.1 Å². The molecule has 3 rings (SSSR count). The molecule has 21 heavy (non-hydrogen) atoms. The van der Waals surface area contributed by atoms with Crippen LogP contribution in [0.5, 0.6) is 0 Å². The fraction of sp³-hybridized carbons (Fsp3) is 0.875. The quantitative estimate of drug-likeness (QED) is 0.924. The van der Waals surface area contributed by atoms with E-state index in [1.54, 1.807) is 7.11 Å². The van der Waals surface area contributed by atoms with Gasteiger partial charge in [0.2, 0.25) is 11.7 Å². The van der Waals surface area contributed by atoms with Crippen molar-refractivity contribution in [2.75, 3.05) is 20.2 Å². The predicted octanol–water partition coefficient (Wildman–Crippen LogP) is 2.98. The van der Waals surface area contributed by atoms with Crippen LogP contribution in [0.15, 0.2) is 4.52 Å². The predicted molar refractivity (Wildman–Crippen MR) is 80.1 cm³/mol. The van der Waals surface area contributed by atoms with Crippen molar-refractivity contribution < 1.29 is 9.26 Å². The van der Waals surface area contributed by atoms with Crippen molar-refractivity contribution in [3.63, 3.8) is 0 Å². The first kappa shape index (κ1) is 15.0. The highest BCUT2D eigenvalue weighted by molar-refractivity contribution is 5.07. The Morgan fingerprint density at radius 1 is 1.29 bits per heavy atom. The van der Waals surface area contributed by atoms with Crippen molar-refractivity contribution in [1.82, 2.24) is 15.5 Å². The summed E-state index contributed by atoms with van der Waals surface area (Å²) in [6.07, 6.45) is 8.58. The molecule has 5 nitrogen and oxygen atoms in total. The van der Waals surface area contributed by atoms with Crippen molar-refractivity contribution in [2.45, 2.75) is 63.4 Å². The number of ether oxygens (including phenoxy) is 1. The second kappa shape index (κ2) is 6.44. The number of hydrogen-bond acceptors (Lipinski definition) is 5. The molecule has 2 aliphatic rings. The fourth-order valence-electron chi connectivity index (χ4n) is 3.78. The summed E-state index contributed by atoms with van der Waals surface area (Å²) in [6.45, 7) is 4.20. The van der Waals surface area contributed by atoms with Crippen LogP contribution in [-0.4, -0.2) is 30.3 Å². The highest BCUT2D eigenvalue weighted by Crippen LogP contribution is 2.37. The summed E-state index contributed by atoms with van der Waals surface area (Å²) in [5.41, 5.74) is -0.0334. The SMILES string of the molecule is COC(c1noc(C2(C)CCCNC2)n1)C1CCCCC1. The molecule has 1 aliphatic carbocycles. The maximum Gasteiger partial charge on any atom is 0.233 e. The number of rotatable bonds is 4. The van der Waals surface area contributed by atoms with E-state index in [4.69, 9.17) is 14.2 Å². The lowest BCUT2D eigenvalue weighted by Gasteiger charge is -2.30. The largest absolute Gasteiger partial charge is 0.373 e. The summed E-state index contributed by atoms with van der Waals surface area (Å²) in [4.78, 5) is 4.71. The molecule has 1 aromatic rings. The Morgan fingerprint density at radius 2 is 2.10 bits per heavy atom. The monoisotopic (exact) mass is 293 g/mol. The van der Waals surface area contributed by atoms with E-state index in [9.17, 15) is 0 Å². The molecule has 2 heterocycles. The summed E-state index contributed by atoms with van der Waals surface area (Å²) in [5, 5.41) is 7.67. The number of aromatic nitrogens is 2. The molecule has 1 N–H and O–H groups in total. The van der Waals surface area contributed by atoms with Gasteiger partial charge in [-0.3, -0.25) is 0 Å². The highest BCUT2D eigenvalue weighted by atomic mass is 16.5.